The van der Waals surface area contributed by atoms with E-state index in [1.807, 2.05) is 31.2 Å². The van der Waals surface area contributed by atoms with Gasteiger partial charge in [0, 0.05) is 37.4 Å². The SMILES string of the molecule is CCCO[C@H]1/C=C/[C@H](OC)[C@H](C)[C@@H](C)CN2Cc3ccc(Cl)cc3CCCCOc3ccc(cc32)C(=O)N=[S-](=O)C[C@H]1C. The summed E-state index contributed by atoms with van der Waals surface area (Å²) in [6, 6.07) is 11.5. The van der Waals surface area contributed by atoms with E-state index in [0.29, 0.717) is 31.9 Å². The number of fused-ring (bicyclic) bond motifs is 2. The Balaban J connectivity index is 1.83. The van der Waals surface area contributed by atoms with Gasteiger partial charge in [0.25, 0.3) is 5.91 Å². The van der Waals surface area contributed by atoms with Crippen LogP contribution in [0.25, 0.3) is 0 Å². The van der Waals surface area contributed by atoms with Crippen LogP contribution in [0.5, 0.6) is 5.75 Å². The lowest BCUT2D eigenvalue weighted by Crippen LogP contribution is -2.35. The molecule has 0 aliphatic carbocycles. The number of hydrogen-bond donors (Lipinski definition) is 0. The third-order valence-corrected chi connectivity index (χ3v) is 9.94. The summed E-state index contributed by atoms with van der Waals surface area (Å²) in [5, 5.41) is 0.730. The lowest BCUT2D eigenvalue weighted by molar-refractivity contribution is 0.0510. The molecule has 2 aromatic rings. The Bertz CT molecular complexity index is 1360. The molecule has 1 amide bonds. The van der Waals surface area contributed by atoms with Crippen molar-refractivity contribution in [2.24, 2.45) is 22.1 Å². The first-order valence-electron chi connectivity index (χ1n) is 15.5. The van der Waals surface area contributed by atoms with Crippen LogP contribution in [-0.4, -0.2) is 50.7 Å². The molecule has 2 aliphatic rings. The Hall–Kier alpha value is -2.39. The van der Waals surface area contributed by atoms with E-state index in [1.165, 1.54) is 11.1 Å². The van der Waals surface area contributed by atoms with E-state index >= 15 is 0 Å². The van der Waals surface area contributed by atoms with Crippen LogP contribution in [-0.2, 0) is 37.2 Å². The van der Waals surface area contributed by atoms with Crippen LogP contribution < -0.4 is 9.64 Å². The van der Waals surface area contributed by atoms with Crippen molar-refractivity contribution in [3.8, 4) is 5.75 Å². The van der Waals surface area contributed by atoms with Gasteiger partial charge < -0.3 is 27.7 Å². The third kappa shape index (κ3) is 9.07. The molecule has 2 aromatic carbocycles. The number of carbonyl (C=O) groups excluding carboxylic acids is 1. The second kappa shape index (κ2) is 16.1. The zero-order valence-corrected chi connectivity index (χ0v) is 27.7. The molecule has 0 radical (unpaired) electrons. The van der Waals surface area contributed by atoms with Crippen LogP contribution in [0.4, 0.5) is 5.69 Å². The Morgan fingerprint density at radius 3 is 2.60 bits per heavy atom. The van der Waals surface area contributed by atoms with Gasteiger partial charge in [-0.25, -0.2) is 0 Å². The van der Waals surface area contributed by atoms with Gasteiger partial charge in [0.2, 0.25) is 0 Å². The number of ether oxygens (including phenoxy) is 3. The Morgan fingerprint density at radius 2 is 1.84 bits per heavy atom. The molecule has 2 heterocycles. The van der Waals surface area contributed by atoms with Crippen LogP contribution in [0.3, 0.4) is 0 Å². The second-order valence-corrected chi connectivity index (χ2v) is 13.5. The Kier molecular flexibility index (Phi) is 12.5. The highest BCUT2D eigenvalue weighted by Gasteiger charge is 2.27. The molecule has 0 saturated heterocycles. The summed E-state index contributed by atoms with van der Waals surface area (Å²) in [6.45, 7) is 11.0. The van der Waals surface area contributed by atoms with Gasteiger partial charge in [0.1, 0.15) is 5.75 Å². The van der Waals surface area contributed by atoms with Crippen LogP contribution in [0, 0.1) is 17.8 Å². The van der Waals surface area contributed by atoms with Gasteiger partial charge in [-0.2, -0.15) is 10.6 Å². The highest BCUT2D eigenvalue weighted by Crippen LogP contribution is 2.35. The van der Waals surface area contributed by atoms with E-state index in [0.717, 1.165) is 42.1 Å². The number of nitrogens with zero attached hydrogens (tertiary/aromatic N) is 2. The van der Waals surface area contributed by atoms with Crippen molar-refractivity contribution in [3.63, 3.8) is 0 Å². The van der Waals surface area contributed by atoms with Crippen molar-refractivity contribution in [3.05, 3.63) is 70.3 Å². The molecule has 0 unspecified atom stereocenters. The lowest BCUT2D eigenvalue weighted by Gasteiger charge is -2.34. The summed E-state index contributed by atoms with van der Waals surface area (Å²) in [7, 11) is 0.0337. The number of carbonyl (C=O) groups is 1. The zero-order chi connectivity index (χ0) is 30.9. The van der Waals surface area contributed by atoms with E-state index in [-0.39, 0.29) is 35.7 Å². The van der Waals surface area contributed by atoms with E-state index in [2.05, 4.69) is 48.2 Å². The normalized spacial score (nSPS) is 26.9. The van der Waals surface area contributed by atoms with E-state index in [1.54, 1.807) is 13.2 Å². The summed E-state index contributed by atoms with van der Waals surface area (Å²) in [5.41, 5.74) is 3.64. The summed E-state index contributed by atoms with van der Waals surface area (Å²) in [6.07, 6.45) is 7.38. The molecule has 0 N–H and O–H groups in total. The number of benzene rings is 2. The number of hydrogen-bond acceptors (Lipinski definition) is 7. The maximum Gasteiger partial charge on any atom is 0.254 e. The standard InChI is InChI=1S/C34H46ClN2O5S/c1-6-16-41-31-14-15-32(40-5)25(4)23(2)20-37-21-28-10-12-29(35)18-26(28)9-7-8-17-42-33-13-11-27(19-30(33)37)34(38)36-43(39)22-24(31)3/h10-15,18-19,23-25,31-32H,6-9,16-17,20-22H2,1-5H3/q-1/b15-14+/t23-,24+,25+,31-,32-/m0/s1. The molecule has 236 valence electrons. The molecule has 4 rings (SSSR count). The summed E-state index contributed by atoms with van der Waals surface area (Å²) in [4.78, 5) is 15.6. The molecule has 0 spiro atoms. The van der Waals surface area contributed by atoms with Gasteiger partial charge in [-0.3, -0.25) is 4.79 Å². The van der Waals surface area contributed by atoms with Gasteiger partial charge in [-0.1, -0.05) is 63.3 Å². The highest BCUT2D eigenvalue weighted by molar-refractivity contribution is 7.75. The smallest absolute Gasteiger partial charge is 0.254 e. The van der Waals surface area contributed by atoms with Crippen molar-refractivity contribution < 1.29 is 23.2 Å². The quantitative estimate of drug-likeness (QED) is 0.256. The fourth-order valence-corrected chi connectivity index (χ4v) is 6.94. The number of rotatable bonds is 4. The Labute approximate surface area is 264 Å². The van der Waals surface area contributed by atoms with Crippen molar-refractivity contribution in [1.82, 2.24) is 0 Å². The molecule has 0 saturated carbocycles. The second-order valence-electron chi connectivity index (χ2n) is 11.9. The van der Waals surface area contributed by atoms with Crippen LogP contribution >= 0.6 is 11.6 Å². The van der Waals surface area contributed by atoms with Gasteiger partial charge in [0.15, 0.2) is 0 Å². The summed E-state index contributed by atoms with van der Waals surface area (Å²) < 4.78 is 35.6. The first-order chi connectivity index (χ1) is 20.7. The topological polar surface area (TPSA) is 77.4 Å². The third-order valence-electron chi connectivity index (χ3n) is 8.53. The van der Waals surface area contributed by atoms with Crippen LogP contribution in [0.1, 0.15) is 68.4 Å². The van der Waals surface area contributed by atoms with Crippen molar-refractivity contribution in [2.75, 3.05) is 37.5 Å². The maximum absolute atomic E-state index is 13.3. The molecular formula is C34H46ClN2O5S-. The minimum absolute atomic E-state index is 0.108. The average molecular weight is 630 g/mol. The summed E-state index contributed by atoms with van der Waals surface area (Å²) in [5.74, 6) is 0.710. The monoisotopic (exact) mass is 629 g/mol. The minimum Gasteiger partial charge on any atom is -0.491 e. The first-order valence-corrected chi connectivity index (χ1v) is 17.1. The summed E-state index contributed by atoms with van der Waals surface area (Å²) >= 11 is 6.42. The molecule has 9 heteroatoms. The predicted octanol–water partition coefficient (Wildman–Crippen LogP) is 7.64. The highest BCUT2D eigenvalue weighted by atomic mass is 35.5. The number of methoxy groups -OCH3 is 1. The van der Waals surface area contributed by atoms with E-state index in [4.69, 9.17) is 25.8 Å². The fraction of sp³-hybridized carbons (Fsp3) is 0.559. The van der Waals surface area contributed by atoms with Crippen molar-refractivity contribution in [2.45, 2.75) is 72.1 Å². The molecule has 0 aromatic heterocycles. The largest absolute Gasteiger partial charge is 0.491 e. The van der Waals surface area contributed by atoms with Gasteiger partial charge >= 0.3 is 0 Å². The van der Waals surface area contributed by atoms with Crippen LogP contribution in [0.15, 0.2) is 52.9 Å². The number of halogens is 1. The number of anilines is 1. The number of amides is 1. The lowest BCUT2D eigenvalue weighted by atomic mass is 9.88. The predicted molar refractivity (Wildman–Crippen MR) is 175 cm³/mol. The van der Waals surface area contributed by atoms with Crippen LogP contribution in [0.2, 0.25) is 5.02 Å². The zero-order valence-electron chi connectivity index (χ0n) is 26.1. The fourth-order valence-electron chi connectivity index (χ4n) is 5.75. The first kappa shape index (κ1) is 33.5. The molecule has 2 bridgehead atoms. The minimum atomic E-state index is -1.71. The molecule has 5 atom stereocenters. The maximum atomic E-state index is 13.3. The molecule has 0 fully saturated rings. The number of aryl methyl sites for hydroxylation is 1. The average Bonchev–Trinajstić information content (AvgIpc) is 3.01. The van der Waals surface area contributed by atoms with Gasteiger partial charge in [-0.15, -0.1) is 0 Å². The van der Waals surface area contributed by atoms with Gasteiger partial charge in [-0.05, 0) is 84.9 Å². The van der Waals surface area contributed by atoms with E-state index in [9.17, 15) is 9.00 Å². The molecule has 43 heavy (non-hydrogen) atoms. The van der Waals surface area contributed by atoms with Gasteiger partial charge in [0.05, 0.1) is 24.5 Å². The van der Waals surface area contributed by atoms with Crippen molar-refractivity contribution in [1.29, 1.82) is 0 Å². The van der Waals surface area contributed by atoms with E-state index < -0.39 is 16.5 Å². The van der Waals surface area contributed by atoms with Crippen molar-refractivity contribution >= 4 is 33.8 Å². The molecular weight excluding hydrogens is 584 g/mol. The molecule has 2 aliphatic heterocycles. The molecule has 7 nitrogen and oxygen atoms in total. The Morgan fingerprint density at radius 1 is 1.05 bits per heavy atom.